The minimum absolute atomic E-state index is 0.298. The van der Waals surface area contributed by atoms with Crippen molar-refractivity contribution in [2.75, 3.05) is 51.8 Å². The average Bonchev–Trinajstić information content (AvgIpc) is 3.08. The van der Waals surface area contributed by atoms with Crippen molar-refractivity contribution in [2.24, 2.45) is 5.92 Å². The lowest BCUT2D eigenvalue weighted by atomic mass is 10.0. The summed E-state index contributed by atoms with van der Waals surface area (Å²) >= 11 is 0. The molecule has 0 atom stereocenters. The Bertz CT molecular complexity index is 1050. The summed E-state index contributed by atoms with van der Waals surface area (Å²) in [6.45, 7) is 7.86. The second kappa shape index (κ2) is 9.67. The molecule has 0 radical (unpaired) electrons. The van der Waals surface area contributed by atoms with Crippen LogP contribution < -0.4 is 14.4 Å². The van der Waals surface area contributed by atoms with Crippen LogP contribution in [-0.4, -0.2) is 68.6 Å². The molecule has 7 nitrogen and oxygen atoms in total. The molecule has 0 N–H and O–H groups in total. The lowest BCUT2D eigenvalue weighted by Crippen LogP contribution is -2.46. The second-order valence-corrected chi connectivity index (χ2v) is 8.89. The van der Waals surface area contributed by atoms with Gasteiger partial charge in [-0.25, -0.2) is 4.90 Å². The molecule has 2 amide bonds. The van der Waals surface area contributed by atoms with Crippen LogP contribution in [0.15, 0.2) is 54.2 Å². The predicted octanol–water partition coefficient (Wildman–Crippen LogP) is 3.26. The fraction of sp³-hybridized carbons (Fsp3) is 0.385. The largest absolute Gasteiger partial charge is 0.497 e. The third kappa shape index (κ3) is 4.73. The monoisotopic (exact) mass is 449 g/mol. The third-order valence-electron chi connectivity index (χ3n) is 5.92. The number of rotatable bonds is 7. The summed E-state index contributed by atoms with van der Waals surface area (Å²) in [5.41, 5.74) is 2.11. The summed E-state index contributed by atoms with van der Waals surface area (Å²) in [4.78, 5) is 32.8. The number of piperazine rings is 1. The number of hydrogen-bond donors (Lipinski definition) is 0. The van der Waals surface area contributed by atoms with Crippen molar-refractivity contribution < 1.29 is 19.1 Å². The van der Waals surface area contributed by atoms with E-state index in [-0.39, 0.29) is 11.8 Å². The number of ether oxygens (including phenoxy) is 2. The van der Waals surface area contributed by atoms with Crippen LogP contribution in [-0.2, 0) is 9.59 Å². The molecule has 0 bridgehead atoms. The zero-order chi connectivity index (χ0) is 23.5. The zero-order valence-electron chi connectivity index (χ0n) is 19.7. The molecule has 2 aromatic carbocycles. The van der Waals surface area contributed by atoms with Crippen molar-refractivity contribution >= 4 is 23.1 Å². The molecule has 0 saturated carbocycles. The number of imide groups is 1. The van der Waals surface area contributed by atoms with Crippen molar-refractivity contribution in [3.8, 4) is 11.5 Å². The molecular weight excluding hydrogens is 418 g/mol. The molecule has 1 fully saturated rings. The molecule has 2 aliphatic heterocycles. The molecule has 33 heavy (non-hydrogen) atoms. The summed E-state index contributed by atoms with van der Waals surface area (Å²) in [6, 6.07) is 14.5. The first kappa shape index (κ1) is 22.9. The number of methoxy groups -OCH3 is 1. The Morgan fingerprint density at radius 3 is 2.24 bits per heavy atom. The topological polar surface area (TPSA) is 62.3 Å². The van der Waals surface area contributed by atoms with Crippen LogP contribution >= 0.6 is 0 Å². The molecule has 1 saturated heterocycles. The van der Waals surface area contributed by atoms with E-state index in [1.165, 1.54) is 4.90 Å². The summed E-state index contributed by atoms with van der Waals surface area (Å²) < 4.78 is 11.1. The SMILES string of the molecule is COc1cccc(N2C(=O)C(c3ccc(OCC(C)C)cc3)=C(N3CCN(C)CC3)C2=O)c1. The van der Waals surface area contributed by atoms with Gasteiger partial charge in [0, 0.05) is 32.2 Å². The summed E-state index contributed by atoms with van der Waals surface area (Å²) in [6.07, 6.45) is 0. The number of benzene rings is 2. The Hall–Kier alpha value is -3.32. The number of nitrogens with zero attached hydrogens (tertiary/aromatic N) is 3. The van der Waals surface area contributed by atoms with Crippen LogP contribution in [0.5, 0.6) is 11.5 Å². The molecule has 0 aliphatic carbocycles. The maximum Gasteiger partial charge on any atom is 0.282 e. The van der Waals surface area contributed by atoms with Gasteiger partial charge in [-0.3, -0.25) is 9.59 Å². The molecule has 2 aromatic rings. The van der Waals surface area contributed by atoms with Crippen molar-refractivity contribution in [2.45, 2.75) is 13.8 Å². The van der Waals surface area contributed by atoms with Gasteiger partial charge in [0.2, 0.25) is 0 Å². The molecule has 2 aliphatic rings. The van der Waals surface area contributed by atoms with Crippen LogP contribution in [0.1, 0.15) is 19.4 Å². The highest BCUT2D eigenvalue weighted by Crippen LogP contribution is 2.36. The van der Waals surface area contributed by atoms with Gasteiger partial charge in [-0.2, -0.15) is 0 Å². The highest BCUT2D eigenvalue weighted by atomic mass is 16.5. The maximum atomic E-state index is 13.7. The number of hydrogen-bond acceptors (Lipinski definition) is 6. The number of carbonyl (C=O) groups excluding carboxylic acids is 2. The molecular formula is C26H31N3O4. The first-order chi connectivity index (χ1) is 15.9. The third-order valence-corrected chi connectivity index (χ3v) is 5.92. The van der Waals surface area contributed by atoms with Crippen LogP contribution in [0.3, 0.4) is 0 Å². The minimum Gasteiger partial charge on any atom is -0.497 e. The van der Waals surface area contributed by atoms with Crippen molar-refractivity contribution in [1.29, 1.82) is 0 Å². The normalized spacial score (nSPS) is 17.4. The van der Waals surface area contributed by atoms with Crippen LogP contribution in [0.4, 0.5) is 5.69 Å². The van der Waals surface area contributed by atoms with E-state index >= 15 is 0 Å². The molecule has 4 rings (SSSR count). The summed E-state index contributed by atoms with van der Waals surface area (Å²) in [7, 11) is 3.63. The zero-order valence-corrected chi connectivity index (χ0v) is 19.7. The Balaban J connectivity index is 1.72. The van der Waals surface area contributed by atoms with Gasteiger partial charge in [0.15, 0.2) is 0 Å². The average molecular weight is 450 g/mol. The van der Waals surface area contributed by atoms with Crippen molar-refractivity contribution in [3.63, 3.8) is 0 Å². The van der Waals surface area contributed by atoms with Gasteiger partial charge in [0.05, 0.1) is 25.0 Å². The van der Waals surface area contributed by atoms with Crippen LogP contribution in [0, 0.1) is 5.92 Å². The smallest absolute Gasteiger partial charge is 0.282 e. The molecule has 174 valence electrons. The van der Waals surface area contributed by atoms with E-state index in [1.807, 2.05) is 29.2 Å². The van der Waals surface area contributed by atoms with E-state index < -0.39 is 0 Å². The summed E-state index contributed by atoms with van der Waals surface area (Å²) in [5, 5.41) is 0. The molecule has 0 unspecified atom stereocenters. The van der Waals surface area contributed by atoms with E-state index in [0.717, 1.165) is 18.8 Å². The fourth-order valence-corrected chi connectivity index (χ4v) is 4.07. The summed E-state index contributed by atoms with van der Waals surface area (Å²) in [5.74, 6) is 1.14. The number of carbonyl (C=O) groups is 2. The van der Waals surface area contributed by atoms with E-state index in [9.17, 15) is 9.59 Å². The van der Waals surface area contributed by atoms with Crippen molar-refractivity contribution in [1.82, 2.24) is 9.80 Å². The van der Waals surface area contributed by atoms with Gasteiger partial charge < -0.3 is 19.3 Å². The van der Waals surface area contributed by atoms with E-state index in [1.54, 1.807) is 31.4 Å². The van der Waals surface area contributed by atoms with E-state index in [2.05, 4.69) is 25.8 Å². The van der Waals surface area contributed by atoms with Crippen molar-refractivity contribution in [3.05, 3.63) is 59.8 Å². The van der Waals surface area contributed by atoms with Gasteiger partial charge in [-0.05, 0) is 42.8 Å². The van der Waals surface area contributed by atoms with Crippen LogP contribution in [0.2, 0.25) is 0 Å². The van der Waals surface area contributed by atoms with Gasteiger partial charge in [-0.1, -0.05) is 32.0 Å². The fourth-order valence-electron chi connectivity index (χ4n) is 4.07. The molecule has 0 aromatic heterocycles. The van der Waals surface area contributed by atoms with Gasteiger partial charge >= 0.3 is 0 Å². The maximum absolute atomic E-state index is 13.7. The quantitative estimate of drug-likeness (QED) is 0.605. The molecule has 2 heterocycles. The first-order valence-electron chi connectivity index (χ1n) is 11.3. The van der Waals surface area contributed by atoms with E-state index in [0.29, 0.717) is 53.9 Å². The highest BCUT2D eigenvalue weighted by molar-refractivity contribution is 6.45. The standard InChI is InChI=1S/C26H31N3O4/c1-18(2)17-33-21-10-8-19(9-11-21)23-24(28-14-12-27(3)13-15-28)26(31)29(25(23)30)20-6-5-7-22(16-20)32-4/h5-11,16,18H,12-15,17H2,1-4H3. The number of anilines is 1. The van der Waals surface area contributed by atoms with Gasteiger partial charge in [0.1, 0.15) is 17.2 Å². The Labute approximate surface area is 195 Å². The minimum atomic E-state index is -0.321. The predicted molar refractivity (Wildman–Crippen MR) is 128 cm³/mol. The van der Waals surface area contributed by atoms with E-state index in [4.69, 9.17) is 9.47 Å². The first-order valence-corrected chi connectivity index (χ1v) is 11.3. The number of amides is 2. The Kier molecular flexibility index (Phi) is 6.70. The second-order valence-electron chi connectivity index (χ2n) is 8.89. The Morgan fingerprint density at radius 2 is 1.61 bits per heavy atom. The highest BCUT2D eigenvalue weighted by Gasteiger charge is 2.43. The van der Waals surface area contributed by atoms with Gasteiger partial charge in [0.25, 0.3) is 11.8 Å². The molecule has 0 spiro atoms. The lowest BCUT2D eigenvalue weighted by molar-refractivity contribution is -0.120. The lowest BCUT2D eigenvalue weighted by Gasteiger charge is -2.34. The van der Waals surface area contributed by atoms with Gasteiger partial charge in [-0.15, -0.1) is 0 Å². The number of likely N-dealkylation sites (N-methyl/N-ethyl adjacent to an activating group) is 1. The molecule has 7 heteroatoms. The van der Waals surface area contributed by atoms with Crippen LogP contribution in [0.25, 0.3) is 5.57 Å². The Morgan fingerprint density at radius 1 is 0.909 bits per heavy atom.